The number of nitrogens with two attached hydrogens (primary N) is 1. The van der Waals surface area contributed by atoms with Gasteiger partial charge in [-0.1, -0.05) is 13.8 Å². The summed E-state index contributed by atoms with van der Waals surface area (Å²) in [7, 11) is 0. The third kappa shape index (κ3) is 5.56. The lowest BCUT2D eigenvalue weighted by Gasteiger charge is -2.09. The first kappa shape index (κ1) is 9.43. The Morgan fingerprint density at radius 2 is 2.10 bits per heavy atom. The van der Waals surface area contributed by atoms with E-state index in [9.17, 15) is 4.79 Å². The number of carbonyl (C=O) groups excluding carboxylic acids is 1. The maximum absolute atomic E-state index is 10.3. The average Bonchev–Trinajstić information content (AvgIpc) is 1.58. The molecule has 0 unspecified atom stereocenters. The van der Waals surface area contributed by atoms with Gasteiger partial charge in [0.15, 0.2) is 0 Å². The van der Waals surface area contributed by atoms with E-state index in [2.05, 4.69) is 0 Å². The Hall–Kier alpha value is -0.570. The van der Waals surface area contributed by atoms with Crippen LogP contribution >= 0.6 is 0 Å². The maximum Gasteiger partial charge on any atom is 0.220 e. The first-order valence-corrected chi connectivity index (χ1v) is 3.48. The standard InChI is InChI=1S/C7H15NO2/c1-5(2)3-6(9)4-7(8)10/h5-6,9H,3-4H2,1-2H3,(H2,8,10)/t6-/m1/s1. The summed E-state index contributed by atoms with van der Waals surface area (Å²) < 4.78 is 0. The Balaban J connectivity index is 3.43. The summed E-state index contributed by atoms with van der Waals surface area (Å²) in [6.45, 7) is 3.98. The predicted octanol–water partition coefficient (Wildman–Crippen LogP) is 0.269. The third-order valence-electron chi connectivity index (χ3n) is 1.18. The summed E-state index contributed by atoms with van der Waals surface area (Å²) in [5.41, 5.74) is 4.87. The first-order chi connectivity index (χ1) is 4.52. The fourth-order valence-corrected chi connectivity index (χ4v) is 0.860. The molecule has 0 rings (SSSR count). The molecule has 1 amide bonds. The van der Waals surface area contributed by atoms with Crippen molar-refractivity contribution in [2.75, 3.05) is 0 Å². The molecule has 0 aromatic carbocycles. The van der Waals surface area contributed by atoms with Gasteiger partial charge < -0.3 is 10.8 Å². The molecule has 3 N–H and O–H groups in total. The molecule has 0 aliphatic heterocycles. The number of hydrogen-bond acceptors (Lipinski definition) is 2. The third-order valence-corrected chi connectivity index (χ3v) is 1.18. The molecule has 0 aromatic rings. The van der Waals surface area contributed by atoms with Crippen LogP contribution in [0.15, 0.2) is 0 Å². The van der Waals surface area contributed by atoms with Crippen LogP contribution in [0.25, 0.3) is 0 Å². The number of rotatable bonds is 4. The zero-order valence-corrected chi connectivity index (χ0v) is 6.50. The molecular formula is C7H15NO2. The fraction of sp³-hybridized carbons (Fsp3) is 0.857. The summed E-state index contributed by atoms with van der Waals surface area (Å²) in [4.78, 5) is 10.3. The van der Waals surface area contributed by atoms with Crippen molar-refractivity contribution in [3.05, 3.63) is 0 Å². The Morgan fingerprint density at radius 3 is 2.40 bits per heavy atom. The second-order valence-corrected chi connectivity index (χ2v) is 2.95. The minimum absolute atomic E-state index is 0.0815. The number of carbonyl (C=O) groups is 1. The van der Waals surface area contributed by atoms with E-state index >= 15 is 0 Å². The van der Waals surface area contributed by atoms with Gasteiger partial charge >= 0.3 is 0 Å². The van der Waals surface area contributed by atoms with Gasteiger partial charge in [0.2, 0.25) is 5.91 Å². The Bertz CT molecular complexity index is 112. The zero-order valence-electron chi connectivity index (χ0n) is 6.50. The number of amides is 1. The minimum Gasteiger partial charge on any atom is -0.393 e. The SMILES string of the molecule is CC(C)C[C@@H](O)CC(N)=O. The molecule has 0 saturated heterocycles. The van der Waals surface area contributed by atoms with E-state index in [1.165, 1.54) is 0 Å². The molecule has 0 aromatic heterocycles. The van der Waals surface area contributed by atoms with E-state index in [4.69, 9.17) is 10.8 Å². The summed E-state index contributed by atoms with van der Waals surface area (Å²) in [6, 6.07) is 0. The monoisotopic (exact) mass is 145 g/mol. The van der Waals surface area contributed by atoms with Crippen LogP contribution in [-0.2, 0) is 4.79 Å². The molecule has 0 fully saturated rings. The van der Waals surface area contributed by atoms with Crippen LogP contribution in [0.5, 0.6) is 0 Å². The lowest BCUT2D eigenvalue weighted by Crippen LogP contribution is -2.21. The van der Waals surface area contributed by atoms with Gasteiger partial charge in [0, 0.05) is 0 Å². The number of aliphatic hydroxyl groups excluding tert-OH is 1. The van der Waals surface area contributed by atoms with E-state index in [0.717, 1.165) is 0 Å². The molecule has 3 heteroatoms. The second-order valence-electron chi connectivity index (χ2n) is 2.95. The number of aliphatic hydroxyl groups is 1. The molecule has 0 bridgehead atoms. The van der Waals surface area contributed by atoms with Crippen molar-refractivity contribution in [3.63, 3.8) is 0 Å². The summed E-state index contributed by atoms with van der Waals surface area (Å²) in [5.74, 6) is -0.0255. The van der Waals surface area contributed by atoms with E-state index in [1.807, 2.05) is 13.8 Å². The van der Waals surface area contributed by atoms with Gasteiger partial charge in [-0.25, -0.2) is 0 Å². The highest BCUT2D eigenvalue weighted by Crippen LogP contribution is 2.06. The average molecular weight is 145 g/mol. The lowest BCUT2D eigenvalue weighted by atomic mass is 10.0. The summed E-state index contributed by atoms with van der Waals surface area (Å²) in [6.07, 6.45) is 0.165. The van der Waals surface area contributed by atoms with Crippen molar-refractivity contribution < 1.29 is 9.90 Å². The van der Waals surface area contributed by atoms with Gasteiger partial charge in [-0.05, 0) is 12.3 Å². The van der Waals surface area contributed by atoms with Crippen LogP contribution in [0, 0.1) is 5.92 Å². The van der Waals surface area contributed by atoms with E-state index in [1.54, 1.807) is 0 Å². The molecule has 60 valence electrons. The van der Waals surface area contributed by atoms with Crippen molar-refractivity contribution in [2.24, 2.45) is 11.7 Å². The fourth-order valence-electron chi connectivity index (χ4n) is 0.860. The highest BCUT2D eigenvalue weighted by Gasteiger charge is 2.08. The molecule has 10 heavy (non-hydrogen) atoms. The van der Waals surface area contributed by atoms with Crippen LogP contribution in [-0.4, -0.2) is 17.1 Å². The minimum atomic E-state index is -0.558. The summed E-state index contributed by atoms with van der Waals surface area (Å²) >= 11 is 0. The molecular weight excluding hydrogens is 130 g/mol. The zero-order chi connectivity index (χ0) is 8.15. The van der Waals surface area contributed by atoms with Crippen molar-refractivity contribution >= 4 is 5.91 Å². The number of primary amides is 1. The second kappa shape index (κ2) is 4.28. The van der Waals surface area contributed by atoms with Gasteiger partial charge in [-0.15, -0.1) is 0 Å². The smallest absolute Gasteiger partial charge is 0.220 e. The molecule has 0 heterocycles. The van der Waals surface area contributed by atoms with Gasteiger partial charge in [-0.3, -0.25) is 4.79 Å². The highest BCUT2D eigenvalue weighted by molar-refractivity contribution is 5.74. The molecule has 3 nitrogen and oxygen atoms in total. The quantitative estimate of drug-likeness (QED) is 0.596. The van der Waals surface area contributed by atoms with Crippen LogP contribution in [0.3, 0.4) is 0 Å². The normalized spacial score (nSPS) is 13.6. The van der Waals surface area contributed by atoms with E-state index < -0.39 is 12.0 Å². The van der Waals surface area contributed by atoms with Crippen LogP contribution in [0.1, 0.15) is 26.7 Å². The van der Waals surface area contributed by atoms with E-state index in [0.29, 0.717) is 12.3 Å². The van der Waals surface area contributed by atoms with Crippen molar-refractivity contribution in [2.45, 2.75) is 32.8 Å². The summed E-state index contributed by atoms with van der Waals surface area (Å²) in [5, 5.41) is 9.09. The topological polar surface area (TPSA) is 63.3 Å². The number of hydrogen-bond donors (Lipinski definition) is 2. The lowest BCUT2D eigenvalue weighted by molar-refractivity contribution is -0.120. The van der Waals surface area contributed by atoms with Gasteiger partial charge in [0.25, 0.3) is 0 Å². The van der Waals surface area contributed by atoms with E-state index in [-0.39, 0.29) is 6.42 Å². The van der Waals surface area contributed by atoms with Gasteiger partial charge in [-0.2, -0.15) is 0 Å². The molecule has 0 spiro atoms. The highest BCUT2D eigenvalue weighted by atomic mass is 16.3. The largest absolute Gasteiger partial charge is 0.393 e. The van der Waals surface area contributed by atoms with Crippen molar-refractivity contribution in [1.29, 1.82) is 0 Å². The molecule has 1 atom stereocenters. The molecule has 0 radical (unpaired) electrons. The van der Waals surface area contributed by atoms with Gasteiger partial charge in [0.1, 0.15) is 0 Å². The Labute approximate surface area is 61.2 Å². The Kier molecular flexibility index (Phi) is 4.03. The molecule has 0 saturated carbocycles. The van der Waals surface area contributed by atoms with Crippen LogP contribution in [0.2, 0.25) is 0 Å². The molecule has 0 aliphatic carbocycles. The molecule has 0 aliphatic rings. The van der Waals surface area contributed by atoms with Crippen molar-refractivity contribution in [1.82, 2.24) is 0 Å². The first-order valence-electron chi connectivity index (χ1n) is 3.48. The van der Waals surface area contributed by atoms with Crippen molar-refractivity contribution in [3.8, 4) is 0 Å². The predicted molar refractivity (Wildman–Crippen MR) is 39.3 cm³/mol. The van der Waals surface area contributed by atoms with Gasteiger partial charge in [0.05, 0.1) is 12.5 Å². The maximum atomic E-state index is 10.3. The van der Waals surface area contributed by atoms with Crippen LogP contribution < -0.4 is 5.73 Å². The Morgan fingerprint density at radius 1 is 1.60 bits per heavy atom. The van der Waals surface area contributed by atoms with Crippen LogP contribution in [0.4, 0.5) is 0 Å².